The van der Waals surface area contributed by atoms with Gasteiger partial charge in [0.25, 0.3) is 5.91 Å². The molecule has 0 radical (unpaired) electrons. The van der Waals surface area contributed by atoms with Crippen LogP contribution in [0.4, 0.5) is 5.82 Å². The standard InChI is InChI=1S/C32H34N8O3/c1-37(18-21-8-4-3-5-9-21)28-16-26(35-31-23(17-34-40(28)31)32(42)36-25-11-12-27(25)43-2)24-19-39(20-29(41)38-14-7-15-38)30-22(24)10-6-13-33-30/h3-6,8-10,13,16-17,19,25,27H,7,11-12,14-15,18,20H2,1-2H3,(H,36,42)/t25-,27-/m0/s1. The number of nitrogens with zero attached hydrogens (tertiary/aromatic N) is 7. The first-order valence-corrected chi connectivity index (χ1v) is 14.7. The summed E-state index contributed by atoms with van der Waals surface area (Å²) in [7, 11) is 3.67. The second-order valence-electron chi connectivity index (χ2n) is 11.3. The van der Waals surface area contributed by atoms with Gasteiger partial charge in [0.15, 0.2) is 5.65 Å². The van der Waals surface area contributed by atoms with Crippen molar-refractivity contribution in [3.05, 3.63) is 78.2 Å². The fourth-order valence-electron chi connectivity index (χ4n) is 5.88. The predicted octanol–water partition coefficient (Wildman–Crippen LogP) is 3.52. The molecule has 1 saturated heterocycles. The van der Waals surface area contributed by atoms with Crippen molar-refractivity contribution in [1.29, 1.82) is 0 Å². The van der Waals surface area contributed by atoms with Gasteiger partial charge in [-0.25, -0.2) is 9.97 Å². The summed E-state index contributed by atoms with van der Waals surface area (Å²) in [6, 6.07) is 16.0. The zero-order valence-electron chi connectivity index (χ0n) is 24.3. The van der Waals surface area contributed by atoms with Crippen molar-refractivity contribution in [3.63, 3.8) is 0 Å². The molecule has 4 aromatic heterocycles. The molecule has 2 atom stereocenters. The van der Waals surface area contributed by atoms with Crippen LogP contribution in [0.1, 0.15) is 35.2 Å². The first-order valence-electron chi connectivity index (χ1n) is 14.7. The molecule has 43 heavy (non-hydrogen) atoms. The second kappa shape index (κ2) is 11.1. The highest BCUT2D eigenvalue weighted by molar-refractivity contribution is 6.01. The van der Waals surface area contributed by atoms with Crippen molar-refractivity contribution in [2.24, 2.45) is 0 Å². The average Bonchev–Trinajstić information content (AvgIpc) is 3.56. The lowest BCUT2D eigenvalue weighted by atomic mass is 9.89. The molecule has 2 aliphatic rings. The van der Waals surface area contributed by atoms with Crippen LogP contribution in [0.2, 0.25) is 0 Å². The molecule has 11 heteroatoms. The number of rotatable bonds is 9. The summed E-state index contributed by atoms with van der Waals surface area (Å²) < 4.78 is 9.11. The van der Waals surface area contributed by atoms with Crippen molar-refractivity contribution < 1.29 is 14.3 Å². The highest BCUT2D eigenvalue weighted by atomic mass is 16.5. The highest BCUT2D eigenvalue weighted by Gasteiger charge is 2.33. The topological polar surface area (TPSA) is 110 Å². The lowest BCUT2D eigenvalue weighted by Gasteiger charge is -2.35. The highest BCUT2D eigenvalue weighted by Crippen LogP contribution is 2.33. The number of carbonyl (C=O) groups is 2. The molecule has 0 unspecified atom stereocenters. The molecule has 0 bridgehead atoms. The molecule has 1 aromatic carbocycles. The minimum atomic E-state index is -0.229. The van der Waals surface area contributed by atoms with Gasteiger partial charge >= 0.3 is 0 Å². The number of ether oxygens (including phenoxy) is 1. The minimum absolute atomic E-state index is 0.0134. The van der Waals surface area contributed by atoms with E-state index in [1.807, 2.05) is 59.1 Å². The molecular weight excluding hydrogens is 544 g/mol. The van der Waals surface area contributed by atoms with Gasteiger partial charge < -0.3 is 24.4 Å². The van der Waals surface area contributed by atoms with Crippen LogP contribution < -0.4 is 10.2 Å². The van der Waals surface area contributed by atoms with Crippen LogP contribution >= 0.6 is 0 Å². The van der Waals surface area contributed by atoms with Crippen molar-refractivity contribution in [1.82, 2.24) is 34.4 Å². The van der Waals surface area contributed by atoms with Crippen LogP contribution in [0, 0.1) is 0 Å². The van der Waals surface area contributed by atoms with Gasteiger partial charge in [0.1, 0.15) is 23.6 Å². The number of aromatic nitrogens is 5. The maximum Gasteiger partial charge on any atom is 0.257 e. The fourth-order valence-corrected chi connectivity index (χ4v) is 5.88. The molecule has 5 aromatic rings. The van der Waals surface area contributed by atoms with E-state index in [0.29, 0.717) is 29.1 Å². The van der Waals surface area contributed by atoms with Gasteiger partial charge in [-0.3, -0.25) is 9.59 Å². The van der Waals surface area contributed by atoms with E-state index in [0.717, 1.165) is 54.7 Å². The number of pyridine rings is 1. The Kier molecular flexibility index (Phi) is 7.02. The number of carbonyl (C=O) groups excluding carboxylic acids is 2. The molecule has 0 spiro atoms. The van der Waals surface area contributed by atoms with Gasteiger partial charge in [0.05, 0.1) is 24.0 Å². The Bertz CT molecular complexity index is 1810. The molecule has 7 rings (SSSR count). The largest absolute Gasteiger partial charge is 0.379 e. The second-order valence-corrected chi connectivity index (χ2v) is 11.3. The third-order valence-electron chi connectivity index (χ3n) is 8.61. The summed E-state index contributed by atoms with van der Waals surface area (Å²) in [4.78, 5) is 40.0. The Labute approximate surface area is 249 Å². The summed E-state index contributed by atoms with van der Waals surface area (Å²) in [5.41, 5.74) is 4.22. The van der Waals surface area contributed by atoms with Crippen LogP contribution in [0.25, 0.3) is 27.9 Å². The Morgan fingerprint density at radius 2 is 1.93 bits per heavy atom. The van der Waals surface area contributed by atoms with Crippen LogP contribution in [0.5, 0.6) is 0 Å². The number of amides is 2. The van der Waals surface area contributed by atoms with Crippen LogP contribution in [-0.2, 0) is 22.6 Å². The first kappa shape index (κ1) is 27.1. The SMILES string of the molecule is CO[C@H]1CC[C@@H]1NC(=O)c1cnn2c(N(C)Cc3ccccc3)cc(-c3cn(CC(=O)N4CCC4)c4ncccc34)nc12. The Balaban J connectivity index is 1.33. The van der Waals surface area contributed by atoms with Gasteiger partial charge in [-0.2, -0.15) is 9.61 Å². The molecule has 2 fully saturated rings. The van der Waals surface area contributed by atoms with E-state index in [-0.39, 0.29) is 30.5 Å². The lowest BCUT2D eigenvalue weighted by Crippen LogP contribution is -2.51. The van der Waals surface area contributed by atoms with Crippen LogP contribution in [0.3, 0.4) is 0 Å². The number of likely N-dealkylation sites (tertiary alicyclic amines) is 1. The number of hydrogen-bond acceptors (Lipinski definition) is 7. The molecular formula is C32H34N8O3. The van der Waals surface area contributed by atoms with Crippen LogP contribution in [-0.4, -0.2) is 80.3 Å². The fraction of sp³-hybridized carbons (Fsp3) is 0.344. The van der Waals surface area contributed by atoms with E-state index in [4.69, 9.17) is 9.72 Å². The molecule has 1 N–H and O–H groups in total. The summed E-state index contributed by atoms with van der Waals surface area (Å²) in [6.07, 6.45) is 8.11. The molecule has 2 amide bonds. The van der Waals surface area contributed by atoms with E-state index < -0.39 is 0 Å². The number of benzene rings is 1. The maximum absolute atomic E-state index is 13.5. The first-order chi connectivity index (χ1) is 21.0. The van der Waals surface area contributed by atoms with Crippen molar-refractivity contribution in [3.8, 4) is 11.3 Å². The number of methoxy groups -OCH3 is 1. The van der Waals surface area contributed by atoms with Crippen molar-refractivity contribution in [2.75, 3.05) is 32.1 Å². The monoisotopic (exact) mass is 578 g/mol. The summed E-state index contributed by atoms with van der Waals surface area (Å²) in [6.45, 7) is 2.43. The van der Waals surface area contributed by atoms with E-state index in [1.54, 1.807) is 24.0 Å². The molecule has 1 aliphatic heterocycles. The zero-order chi connectivity index (χ0) is 29.5. The van der Waals surface area contributed by atoms with Gasteiger partial charge in [0.2, 0.25) is 5.91 Å². The number of fused-ring (bicyclic) bond motifs is 2. The summed E-state index contributed by atoms with van der Waals surface area (Å²) in [5, 5.41) is 8.62. The Morgan fingerprint density at radius 3 is 2.65 bits per heavy atom. The zero-order valence-corrected chi connectivity index (χ0v) is 24.3. The molecule has 220 valence electrons. The number of hydrogen-bond donors (Lipinski definition) is 1. The lowest BCUT2D eigenvalue weighted by molar-refractivity contribution is -0.135. The van der Waals surface area contributed by atoms with E-state index >= 15 is 0 Å². The normalized spacial score (nSPS) is 18.0. The van der Waals surface area contributed by atoms with E-state index in [9.17, 15) is 9.59 Å². The summed E-state index contributed by atoms with van der Waals surface area (Å²) in [5.74, 6) is 0.627. The molecule has 11 nitrogen and oxygen atoms in total. The third kappa shape index (κ3) is 4.99. The third-order valence-corrected chi connectivity index (χ3v) is 8.61. The Morgan fingerprint density at radius 1 is 1.09 bits per heavy atom. The minimum Gasteiger partial charge on any atom is -0.379 e. The Hall–Kier alpha value is -4.77. The average molecular weight is 579 g/mol. The van der Waals surface area contributed by atoms with Gasteiger partial charge in [-0.15, -0.1) is 0 Å². The predicted molar refractivity (Wildman–Crippen MR) is 163 cm³/mol. The summed E-state index contributed by atoms with van der Waals surface area (Å²) >= 11 is 0. The number of anilines is 1. The molecule has 5 heterocycles. The smallest absolute Gasteiger partial charge is 0.257 e. The van der Waals surface area contributed by atoms with E-state index in [1.165, 1.54) is 0 Å². The van der Waals surface area contributed by atoms with Crippen molar-refractivity contribution >= 4 is 34.3 Å². The quantitative estimate of drug-likeness (QED) is 0.285. The van der Waals surface area contributed by atoms with Gasteiger partial charge in [-0.05, 0) is 37.0 Å². The maximum atomic E-state index is 13.5. The van der Waals surface area contributed by atoms with Crippen molar-refractivity contribution in [2.45, 2.75) is 44.5 Å². The molecule has 1 saturated carbocycles. The van der Waals surface area contributed by atoms with Crippen LogP contribution in [0.15, 0.2) is 67.1 Å². The number of nitrogens with one attached hydrogen (secondary N) is 1. The van der Waals surface area contributed by atoms with E-state index in [2.05, 4.69) is 32.4 Å². The van der Waals surface area contributed by atoms with Gasteiger partial charge in [0, 0.05) is 63.2 Å². The van der Waals surface area contributed by atoms with Gasteiger partial charge in [-0.1, -0.05) is 30.3 Å². The molecule has 1 aliphatic carbocycles.